The maximum Gasteiger partial charge on any atom is -0.00266 e. The van der Waals surface area contributed by atoms with Crippen LogP contribution in [0.15, 0.2) is 136 Å². The summed E-state index contributed by atoms with van der Waals surface area (Å²) >= 11 is 0. The topological polar surface area (TPSA) is 0 Å². The molecule has 40 heavy (non-hydrogen) atoms. The molecule has 0 saturated carbocycles. The van der Waals surface area contributed by atoms with Crippen molar-refractivity contribution in [3.8, 4) is 33.4 Å². The average Bonchev–Trinajstić information content (AvgIpc) is 3.03. The molecule has 0 unspecified atom stereocenters. The first-order valence-corrected chi connectivity index (χ1v) is 13.5. The Morgan fingerprint density at radius 1 is 0.375 bits per heavy atom. The number of rotatable bonds is 7. The Balaban J connectivity index is 1.61. The summed E-state index contributed by atoms with van der Waals surface area (Å²) < 4.78 is 0. The standard InChI is InChI=1S/C40H30/c1-5-27-26-31-18-12-13-19-35(31)38(32(27)6-2)29-22-24-30(25-23-29)40-34(8-4)33(7-3)39(28-16-10-9-11-17-28)36-20-14-15-21-37(36)40/h5-26H,1-4H2. The molecular weight excluding hydrogens is 480 g/mol. The maximum absolute atomic E-state index is 4.24. The predicted octanol–water partition coefficient (Wildman–Crippen LogP) is 11.6. The number of hydrogen-bond acceptors (Lipinski definition) is 0. The van der Waals surface area contributed by atoms with Crippen molar-refractivity contribution in [3.63, 3.8) is 0 Å². The fourth-order valence-electron chi connectivity index (χ4n) is 6.02. The first-order chi connectivity index (χ1) is 19.7. The van der Waals surface area contributed by atoms with Gasteiger partial charge in [0.25, 0.3) is 0 Å². The minimum absolute atomic E-state index is 1.08. The van der Waals surface area contributed by atoms with Crippen LogP contribution in [0.5, 0.6) is 0 Å². The van der Waals surface area contributed by atoms with Gasteiger partial charge < -0.3 is 0 Å². The lowest BCUT2D eigenvalue weighted by Crippen LogP contribution is -1.96. The molecule has 0 fully saturated rings. The Hall–Kier alpha value is -5.20. The third-order valence-electron chi connectivity index (χ3n) is 7.77. The Bertz CT molecular complexity index is 1930. The van der Waals surface area contributed by atoms with E-state index in [1.165, 1.54) is 43.8 Å². The number of hydrogen-bond donors (Lipinski definition) is 0. The molecule has 0 heteroatoms. The number of fused-ring (bicyclic) bond motifs is 2. The fourth-order valence-corrected chi connectivity index (χ4v) is 6.02. The van der Waals surface area contributed by atoms with Gasteiger partial charge in [0.2, 0.25) is 0 Å². The Labute approximate surface area is 236 Å². The van der Waals surface area contributed by atoms with Gasteiger partial charge in [-0.2, -0.15) is 0 Å². The van der Waals surface area contributed by atoms with Gasteiger partial charge in [-0.25, -0.2) is 0 Å². The lowest BCUT2D eigenvalue weighted by Gasteiger charge is -2.20. The van der Waals surface area contributed by atoms with Crippen molar-refractivity contribution in [2.45, 2.75) is 0 Å². The van der Waals surface area contributed by atoms with E-state index in [1.807, 2.05) is 24.3 Å². The SMILES string of the molecule is C=Cc1cc2ccccc2c(-c2ccc(-c3c(C=C)c(C=C)c(-c4ccccc4)c4ccccc34)cc2)c1C=C. The van der Waals surface area contributed by atoms with Gasteiger partial charge in [-0.05, 0) is 83.2 Å². The summed E-state index contributed by atoms with van der Waals surface area (Å²) in [4.78, 5) is 0. The summed E-state index contributed by atoms with van der Waals surface area (Å²) in [5.74, 6) is 0. The van der Waals surface area contributed by atoms with Crippen LogP contribution in [0, 0.1) is 0 Å². The van der Waals surface area contributed by atoms with Gasteiger partial charge in [0.05, 0.1) is 0 Å². The van der Waals surface area contributed by atoms with Gasteiger partial charge >= 0.3 is 0 Å². The van der Waals surface area contributed by atoms with E-state index < -0.39 is 0 Å². The van der Waals surface area contributed by atoms with E-state index in [2.05, 4.69) is 136 Å². The lowest BCUT2D eigenvalue weighted by molar-refractivity contribution is 1.57. The van der Waals surface area contributed by atoms with Gasteiger partial charge in [0, 0.05) is 0 Å². The molecule has 0 heterocycles. The molecule has 0 aromatic heterocycles. The monoisotopic (exact) mass is 510 g/mol. The first-order valence-electron chi connectivity index (χ1n) is 13.5. The van der Waals surface area contributed by atoms with Crippen molar-refractivity contribution in [2.24, 2.45) is 0 Å². The average molecular weight is 511 g/mol. The molecule has 190 valence electrons. The van der Waals surface area contributed by atoms with Crippen LogP contribution >= 0.6 is 0 Å². The second-order valence-corrected chi connectivity index (χ2v) is 9.86. The highest BCUT2D eigenvalue weighted by Crippen LogP contribution is 2.44. The van der Waals surface area contributed by atoms with E-state index in [4.69, 9.17) is 0 Å². The Kier molecular flexibility index (Phi) is 6.60. The van der Waals surface area contributed by atoms with E-state index in [0.29, 0.717) is 0 Å². The lowest BCUT2D eigenvalue weighted by atomic mass is 9.83. The fraction of sp³-hybridized carbons (Fsp3) is 0. The van der Waals surface area contributed by atoms with Gasteiger partial charge in [-0.3, -0.25) is 0 Å². The van der Waals surface area contributed by atoms with Crippen LogP contribution in [0.2, 0.25) is 0 Å². The van der Waals surface area contributed by atoms with Gasteiger partial charge in [-0.15, -0.1) is 0 Å². The molecule has 0 aliphatic carbocycles. The highest BCUT2D eigenvalue weighted by Gasteiger charge is 2.19. The Morgan fingerprint density at radius 3 is 1.30 bits per heavy atom. The smallest absolute Gasteiger partial charge is 0.00266 e. The molecule has 0 aliphatic heterocycles. The molecular formula is C40H30. The van der Waals surface area contributed by atoms with Crippen LogP contribution in [-0.4, -0.2) is 0 Å². The van der Waals surface area contributed by atoms with Crippen molar-refractivity contribution in [1.29, 1.82) is 0 Å². The van der Waals surface area contributed by atoms with Gasteiger partial charge in [0.15, 0.2) is 0 Å². The third kappa shape index (κ3) is 4.02. The van der Waals surface area contributed by atoms with Crippen LogP contribution < -0.4 is 0 Å². The second kappa shape index (κ2) is 10.5. The van der Waals surface area contributed by atoms with E-state index in [9.17, 15) is 0 Å². The van der Waals surface area contributed by atoms with E-state index in [-0.39, 0.29) is 0 Å². The first kappa shape index (κ1) is 25.1. The molecule has 0 bridgehead atoms. The summed E-state index contributed by atoms with van der Waals surface area (Å²) in [6, 6.07) is 38.8. The minimum Gasteiger partial charge on any atom is -0.0984 e. The van der Waals surface area contributed by atoms with E-state index >= 15 is 0 Å². The van der Waals surface area contributed by atoms with Gasteiger partial charge in [0.1, 0.15) is 0 Å². The summed E-state index contributed by atoms with van der Waals surface area (Å²) in [5.41, 5.74) is 11.3. The number of benzene rings is 6. The summed E-state index contributed by atoms with van der Waals surface area (Å²) in [7, 11) is 0. The quantitative estimate of drug-likeness (QED) is 0.200. The van der Waals surface area contributed by atoms with Crippen molar-refractivity contribution in [1.82, 2.24) is 0 Å². The zero-order valence-electron chi connectivity index (χ0n) is 22.5. The molecule has 0 amide bonds. The van der Waals surface area contributed by atoms with Crippen molar-refractivity contribution >= 4 is 45.8 Å². The Morgan fingerprint density at radius 2 is 0.800 bits per heavy atom. The van der Waals surface area contributed by atoms with E-state index in [1.54, 1.807) is 0 Å². The highest BCUT2D eigenvalue weighted by atomic mass is 14.2. The van der Waals surface area contributed by atoms with Gasteiger partial charge in [-0.1, -0.05) is 154 Å². The zero-order valence-corrected chi connectivity index (χ0v) is 22.5. The third-order valence-corrected chi connectivity index (χ3v) is 7.77. The molecule has 0 spiro atoms. The van der Waals surface area contributed by atoms with Crippen LogP contribution in [0.3, 0.4) is 0 Å². The van der Waals surface area contributed by atoms with Crippen LogP contribution in [0.1, 0.15) is 22.3 Å². The molecule has 0 atom stereocenters. The minimum atomic E-state index is 1.08. The summed E-state index contributed by atoms with van der Waals surface area (Å²) in [6.07, 6.45) is 7.78. The molecule has 0 radical (unpaired) electrons. The van der Waals surface area contributed by atoms with Crippen molar-refractivity contribution in [2.75, 3.05) is 0 Å². The molecule has 0 saturated heterocycles. The van der Waals surface area contributed by atoms with Crippen LogP contribution in [0.4, 0.5) is 0 Å². The van der Waals surface area contributed by atoms with Crippen molar-refractivity contribution in [3.05, 3.63) is 158 Å². The largest absolute Gasteiger partial charge is 0.0984 e. The normalized spacial score (nSPS) is 10.9. The molecule has 0 N–H and O–H groups in total. The molecule has 6 rings (SSSR count). The highest BCUT2D eigenvalue weighted by molar-refractivity contribution is 6.12. The maximum atomic E-state index is 4.24. The summed E-state index contributed by atoms with van der Waals surface area (Å²) in [5, 5.41) is 4.79. The molecule has 0 nitrogen and oxygen atoms in total. The molecule has 6 aromatic rings. The van der Waals surface area contributed by atoms with E-state index in [0.717, 1.165) is 33.4 Å². The summed E-state index contributed by atoms with van der Waals surface area (Å²) in [6.45, 7) is 16.7. The van der Waals surface area contributed by atoms with Crippen molar-refractivity contribution < 1.29 is 0 Å². The predicted molar refractivity (Wildman–Crippen MR) is 178 cm³/mol. The molecule has 6 aromatic carbocycles. The van der Waals surface area contributed by atoms with Crippen LogP contribution in [0.25, 0.3) is 79.2 Å². The molecule has 0 aliphatic rings. The van der Waals surface area contributed by atoms with Crippen LogP contribution in [-0.2, 0) is 0 Å². The second-order valence-electron chi connectivity index (χ2n) is 9.86. The zero-order chi connectivity index (χ0) is 27.6.